The summed E-state index contributed by atoms with van der Waals surface area (Å²) in [5, 5.41) is 3.26. The maximum Gasteiger partial charge on any atom is 0.106 e. The Morgan fingerprint density at radius 2 is 1.75 bits per heavy atom. The van der Waals surface area contributed by atoms with Crippen molar-refractivity contribution in [2.45, 2.75) is 0 Å². The van der Waals surface area contributed by atoms with E-state index in [1.807, 2.05) is 18.6 Å². The highest BCUT2D eigenvalue weighted by atomic mass is 32.2. The molecule has 1 fully saturated rings. The van der Waals surface area contributed by atoms with E-state index in [0.29, 0.717) is 0 Å². The molecule has 2 nitrogen and oxygen atoms in total. The summed E-state index contributed by atoms with van der Waals surface area (Å²) in [7, 11) is 0. The number of hydrogen-bond donors (Lipinski definition) is 1. The maximum atomic E-state index is 8.00. The minimum atomic E-state index is 1.21. The van der Waals surface area contributed by atoms with Gasteiger partial charge < -0.3 is 10.1 Å². The highest BCUT2D eigenvalue weighted by Crippen LogP contribution is 1.99. The van der Waals surface area contributed by atoms with Crippen molar-refractivity contribution < 1.29 is 4.79 Å². The molecule has 0 atom stereocenters. The lowest BCUT2D eigenvalue weighted by atomic mass is 10.6. The first kappa shape index (κ1) is 7.98. The number of thioether (sulfide) groups is 1. The molecule has 0 spiro atoms. The Balaban J connectivity index is 0.000000222. The van der Waals surface area contributed by atoms with E-state index in [-0.39, 0.29) is 0 Å². The van der Waals surface area contributed by atoms with Crippen LogP contribution in [0.15, 0.2) is 0 Å². The molecule has 48 valence electrons. The monoisotopic (exact) mass is 133 g/mol. The molecule has 1 rings (SSSR count). The Morgan fingerprint density at radius 3 is 1.88 bits per heavy atom. The van der Waals surface area contributed by atoms with Crippen LogP contribution >= 0.6 is 11.8 Å². The molecular formula is C5H11NOS. The highest BCUT2D eigenvalue weighted by molar-refractivity contribution is 7.99. The van der Waals surface area contributed by atoms with Gasteiger partial charge in [-0.1, -0.05) is 0 Å². The van der Waals surface area contributed by atoms with E-state index in [2.05, 4.69) is 5.32 Å². The number of hydrogen-bond acceptors (Lipinski definition) is 3. The minimum Gasteiger partial charge on any atom is -0.315 e. The zero-order valence-electron chi connectivity index (χ0n) is 4.85. The summed E-state index contributed by atoms with van der Waals surface area (Å²) in [6.45, 7) is 4.43. The summed E-state index contributed by atoms with van der Waals surface area (Å²) in [4.78, 5) is 8.00. The Kier molecular flexibility index (Phi) is 6.96. The molecule has 8 heavy (non-hydrogen) atoms. The van der Waals surface area contributed by atoms with Gasteiger partial charge in [-0.2, -0.15) is 11.8 Å². The quantitative estimate of drug-likeness (QED) is 0.509. The van der Waals surface area contributed by atoms with E-state index in [0.717, 1.165) is 0 Å². The fraction of sp³-hybridized carbons (Fsp3) is 0.800. The van der Waals surface area contributed by atoms with Crippen LogP contribution in [0.4, 0.5) is 0 Å². The van der Waals surface area contributed by atoms with E-state index < -0.39 is 0 Å². The molecule has 3 heteroatoms. The van der Waals surface area contributed by atoms with Crippen molar-refractivity contribution in [1.82, 2.24) is 5.32 Å². The summed E-state index contributed by atoms with van der Waals surface area (Å²) >= 11 is 2.03. The standard InChI is InChI=1S/C4H9NS.CH2O/c1-3-6-4-2-5-1;1-2/h5H,1-4H2;1H2. The molecule has 1 aliphatic heterocycles. The number of carbonyl (C=O) groups excluding carboxylic acids is 1. The summed E-state index contributed by atoms with van der Waals surface area (Å²) < 4.78 is 0. The van der Waals surface area contributed by atoms with E-state index in [9.17, 15) is 0 Å². The summed E-state index contributed by atoms with van der Waals surface area (Å²) in [5.41, 5.74) is 0. The molecule has 0 bridgehead atoms. The second-order valence-corrected chi connectivity index (χ2v) is 2.59. The van der Waals surface area contributed by atoms with E-state index in [1.165, 1.54) is 24.6 Å². The van der Waals surface area contributed by atoms with Crippen LogP contribution in [0.3, 0.4) is 0 Å². The Hall–Kier alpha value is -0.0200. The second kappa shape index (κ2) is 6.98. The van der Waals surface area contributed by atoms with Crippen LogP contribution < -0.4 is 5.32 Å². The second-order valence-electron chi connectivity index (χ2n) is 1.36. The molecule has 1 N–H and O–H groups in total. The van der Waals surface area contributed by atoms with Gasteiger partial charge >= 0.3 is 0 Å². The third-order valence-corrected chi connectivity index (χ3v) is 1.83. The van der Waals surface area contributed by atoms with Crippen LogP contribution in [-0.4, -0.2) is 31.4 Å². The first-order valence-electron chi connectivity index (χ1n) is 2.57. The van der Waals surface area contributed by atoms with Gasteiger partial charge in [0.1, 0.15) is 6.79 Å². The van der Waals surface area contributed by atoms with Gasteiger partial charge in [-0.05, 0) is 0 Å². The van der Waals surface area contributed by atoms with Crippen LogP contribution in [0.1, 0.15) is 0 Å². The summed E-state index contributed by atoms with van der Waals surface area (Å²) in [6, 6.07) is 0. The number of nitrogens with one attached hydrogen (secondary N) is 1. The lowest BCUT2D eigenvalue weighted by Crippen LogP contribution is -2.24. The van der Waals surface area contributed by atoms with Gasteiger partial charge in [-0.15, -0.1) is 0 Å². The maximum absolute atomic E-state index is 8.00. The van der Waals surface area contributed by atoms with Crippen molar-refractivity contribution in [1.29, 1.82) is 0 Å². The lowest BCUT2D eigenvalue weighted by Gasteiger charge is -2.08. The van der Waals surface area contributed by atoms with Gasteiger partial charge in [0.2, 0.25) is 0 Å². The minimum absolute atomic E-state index is 1.21. The van der Waals surface area contributed by atoms with Crippen molar-refractivity contribution in [2.24, 2.45) is 0 Å². The van der Waals surface area contributed by atoms with Crippen LogP contribution in [0.2, 0.25) is 0 Å². The van der Waals surface area contributed by atoms with Crippen LogP contribution in [0.25, 0.3) is 0 Å². The molecule has 0 amide bonds. The fourth-order valence-corrected chi connectivity index (χ4v) is 1.30. The van der Waals surface area contributed by atoms with Crippen molar-refractivity contribution in [2.75, 3.05) is 24.6 Å². The lowest BCUT2D eigenvalue weighted by molar-refractivity contribution is -0.0979. The van der Waals surface area contributed by atoms with Gasteiger partial charge in [-0.3, -0.25) is 0 Å². The van der Waals surface area contributed by atoms with E-state index in [4.69, 9.17) is 4.79 Å². The molecule has 0 aromatic rings. The van der Waals surface area contributed by atoms with Crippen LogP contribution in [0.5, 0.6) is 0 Å². The Labute approximate surface area is 54.0 Å². The summed E-state index contributed by atoms with van der Waals surface area (Å²) in [5.74, 6) is 2.61. The Bertz CT molecular complexity index is 36.2. The molecular weight excluding hydrogens is 122 g/mol. The van der Waals surface area contributed by atoms with Gasteiger partial charge in [0.05, 0.1) is 0 Å². The molecule has 0 aromatic heterocycles. The van der Waals surface area contributed by atoms with Crippen molar-refractivity contribution in [3.8, 4) is 0 Å². The molecule has 0 unspecified atom stereocenters. The first-order valence-corrected chi connectivity index (χ1v) is 3.73. The number of carbonyl (C=O) groups is 1. The van der Waals surface area contributed by atoms with Crippen molar-refractivity contribution >= 4 is 18.6 Å². The van der Waals surface area contributed by atoms with Gasteiger partial charge in [0.15, 0.2) is 0 Å². The average Bonchev–Trinajstić information content (AvgIpc) is 1.96. The van der Waals surface area contributed by atoms with Gasteiger partial charge in [-0.25, -0.2) is 0 Å². The Morgan fingerprint density at radius 1 is 1.25 bits per heavy atom. The third-order valence-electron chi connectivity index (χ3n) is 0.846. The topological polar surface area (TPSA) is 29.1 Å². The third kappa shape index (κ3) is 4.15. The summed E-state index contributed by atoms with van der Waals surface area (Å²) in [6.07, 6.45) is 0. The zero-order valence-corrected chi connectivity index (χ0v) is 5.67. The SMILES string of the molecule is C1CSCCN1.C=O. The normalized spacial score (nSPS) is 18.5. The van der Waals surface area contributed by atoms with Gasteiger partial charge in [0.25, 0.3) is 0 Å². The molecule has 0 aliphatic carbocycles. The smallest absolute Gasteiger partial charge is 0.106 e. The van der Waals surface area contributed by atoms with Gasteiger partial charge in [0, 0.05) is 24.6 Å². The fourth-order valence-electron chi connectivity index (χ4n) is 0.516. The molecule has 1 heterocycles. The zero-order chi connectivity index (χ0) is 6.24. The molecule has 0 radical (unpaired) electrons. The van der Waals surface area contributed by atoms with Crippen molar-refractivity contribution in [3.05, 3.63) is 0 Å². The first-order chi connectivity index (χ1) is 4.00. The molecule has 0 saturated carbocycles. The largest absolute Gasteiger partial charge is 0.315 e. The molecule has 0 aromatic carbocycles. The predicted molar refractivity (Wildman–Crippen MR) is 37.3 cm³/mol. The van der Waals surface area contributed by atoms with Crippen LogP contribution in [-0.2, 0) is 4.79 Å². The van der Waals surface area contributed by atoms with Crippen molar-refractivity contribution in [3.63, 3.8) is 0 Å². The average molecular weight is 133 g/mol. The highest BCUT2D eigenvalue weighted by Gasteiger charge is 1.93. The predicted octanol–water partition coefficient (Wildman–Crippen LogP) is 0.138. The van der Waals surface area contributed by atoms with Crippen LogP contribution in [0, 0.1) is 0 Å². The molecule has 1 aliphatic rings. The number of rotatable bonds is 0. The van der Waals surface area contributed by atoms with E-state index >= 15 is 0 Å². The van der Waals surface area contributed by atoms with E-state index in [1.54, 1.807) is 0 Å². The molecule has 1 saturated heterocycles.